The molecule has 0 spiro atoms. The highest BCUT2D eigenvalue weighted by atomic mass is 19.4. The molecule has 0 saturated heterocycles. The summed E-state index contributed by atoms with van der Waals surface area (Å²) in [7, 11) is 0. The number of primary amides is 1. The lowest BCUT2D eigenvalue weighted by Crippen LogP contribution is -2.17. The van der Waals surface area contributed by atoms with Crippen LogP contribution in [-0.2, 0) is 0 Å². The first-order valence-electron chi connectivity index (χ1n) is 7.28. The van der Waals surface area contributed by atoms with Crippen molar-refractivity contribution in [3.8, 4) is 28.4 Å². The maximum atomic E-state index is 12.3. The molecule has 0 fully saturated rings. The van der Waals surface area contributed by atoms with Crippen LogP contribution in [0.1, 0.15) is 16.2 Å². The number of rotatable bonds is 4. The second-order valence-corrected chi connectivity index (χ2v) is 5.31. The summed E-state index contributed by atoms with van der Waals surface area (Å²) in [5, 5.41) is 6.61. The molecule has 0 saturated carbocycles. The minimum atomic E-state index is -4.78. The van der Waals surface area contributed by atoms with E-state index in [-0.39, 0.29) is 17.3 Å². The lowest BCUT2D eigenvalue weighted by molar-refractivity contribution is -0.274. The number of H-pyrrole nitrogens is 1. The molecule has 1 aromatic carbocycles. The van der Waals surface area contributed by atoms with E-state index in [1.54, 1.807) is 6.92 Å². The first-order valence-corrected chi connectivity index (χ1v) is 7.28. The topological polar surface area (TPSA) is 107 Å². The summed E-state index contributed by atoms with van der Waals surface area (Å²) in [6.07, 6.45) is -3.28. The van der Waals surface area contributed by atoms with Crippen LogP contribution >= 0.6 is 0 Å². The molecule has 3 aromatic rings. The van der Waals surface area contributed by atoms with Crippen LogP contribution in [-0.4, -0.2) is 32.4 Å². The highest BCUT2D eigenvalue weighted by Crippen LogP contribution is 2.27. The second kappa shape index (κ2) is 6.47. The quantitative estimate of drug-likeness (QED) is 0.741. The minimum Gasteiger partial charge on any atom is -0.406 e. The number of hydrogen-bond acceptors (Lipinski definition) is 5. The smallest absolute Gasteiger partial charge is 0.406 e. The van der Waals surface area contributed by atoms with Gasteiger partial charge in [0.2, 0.25) is 0 Å². The Kier molecular flexibility index (Phi) is 4.33. The summed E-state index contributed by atoms with van der Waals surface area (Å²) in [4.78, 5) is 20.0. The number of nitrogens with one attached hydrogen (secondary N) is 1. The standard InChI is InChI=1S/C16H12F3N5O2/c1-8-11(7-21-24-8)15-22-12(6-13(23-15)14(20)25)9-2-4-10(5-3-9)26-16(17,18)19/h2-7H,1H3,(H2,20,25)(H,21,24). The minimum absolute atomic E-state index is 0.0266. The fourth-order valence-corrected chi connectivity index (χ4v) is 2.25. The lowest BCUT2D eigenvalue weighted by atomic mass is 10.1. The number of aromatic nitrogens is 4. The van der Waals surface area contributed by atoms with Gasteiger partial charge in [-0.25, -0.2) is 9.97 Å². The molecule has 7 nitrogen and oxygen atoms in total. The predicted molar refractivity (Wildman–Crippen MR) is 85.0 cm³/mol. The Bertz CT molecular complexity index is 951. The molecular weight excluding hydrogens is 351 g/mol. The highest BCUT2D eigenvalue weighted by molar-refractivity contribution is 5.92. The fraction of sp³-hybridized carbons (Fsp3) is 0.125. The molecule has 26 heavy (non-hydrogen) atoms. The number of alkyl halides is 3. The van der Waals surface area contributed by atoms with Crippen molar-refractivity contribution in [2.45, 2.75) is 13.3 Å². The zero-order valence-corrected chi connectivity index (χ0v) is 13.3. The molecule has 3 rings (SSSR count). The van der Waals surface area contributed by atoms with Gasteiger partial charge in [0.05, 0.1) is 17.5 Å². The molecule has 3 N–H and O–H groups in total. The third-order valence-corrected chi connectivity index (χ3v) is 3.43. The number of nitrogens with zero attached hydrogens (tertiary/aromatic N) is 3. The summed E-state index contributed by atoms with van der Waals surface area (Å²) in [6, 6.07) is 6.44. The van der Waals surface area contributed by atoms with E-state index in [2.05, 4.69) is 24.9 Å². The van der Waals surface area contributed by atoms with Crippen LogP contribution < -0.4 is 10.5 Å². The molecule has 134 valence electrons. The van der Waals surface area contributed by atoms with Crippen LogP contribution in [0.25, 0.3) is 22.6 Å². The molecule has 0 aliphatic carbocycles. The van der Waals surface area contributed by atoms with E-state index in [9.17, 15) is 18.0 Å². The van der Waals surface area contributed by atoms with Gasteiger partial charge in [-0.05, 0) is 37.3 Å². The molecule has 0 aliphatic rings. The zero-order chi connectivity index (χ0) is 18.9. The van der Waals surface area contributed by atoms with E-state index < -0.39 is 12.3 Å². The Balaban J connectivity index is 2.03. The number of aryl methyl sites for hydroxylation is 1. The van der Waals surface area contributed by atoms with Crippen molar-refractivity contribution in [1.82, 2.24) is 20.2 Å². The third kappa shape index (κ3) is 3.79. The van der Waals surface area contributed by atoms with E-state index in [1.165, 1.54) is 24.4 Å². The van der Waals surface area contributed by atoms with Crippen molar-refractivity contribution < 1.29 is 22.7 Å². The largest absolute Gasteiger partial charge is 0.573 e. The summed E-state index contributed by atoms with van der Waals surface area (Å²) < 4.78 is 40.6. The zero-order valence-electron chi connectivity index (χ0n) is 13.3. The molecular formula is C16H12F3N5O2. The predicted octanol–water partition coefficient (Wildman–Crippen LogP) is 2.84. The van der Waals surface area contributed by atoms with Gasteiger partial charge in [-0.1, -0.05) is 0 Å². The molecule has 0 bridgehead atoms. The average Bonchev–Trinajstić information content (AvgIpc) is 2.99. The SMILES string of the molecule is Cc1[nH]ncc1-c1nc(C(N)=O)cc(-c2ccc(OC(F)(F)F)cc2)n1. The van der Waals surface area contributed by atoms with Crippen LogP contribution in [0.4, 0.5) is 13.2 Å². The molecule has 10 heteroatoms. The van der Waals surface area contributed by atoms with Gasteiger partial charge in [-0.3, -0.25) is 9.89 Å². The Morgan fingerprint density at radius 2 is 1.88 bits per heavy atom. The Labute approximate surface area is 145 Å². The van der Waals surface area contributed by atoms with Gasteiger partial charge < -0.3 is 10.5 Å². The molecule has 0 unspecified atom stereocenters. The molecule has 2 heterocycles. The number of nitrogens with two attached hydrogens (primary N) is 1. The van der Waals surface area contributed by atoms with Crippen molar-refractivity contribution >= 4 is 5.91 Å². The first-order chi connectivity index (χ1) is 12.2. The number of amides is 1. The summed E-state index contributed by atoms with van der Waals surface area (Å²) >= 11 is 0. The Morgan fingerprint density at radius 3 is 2.42 bits per heavy atom. The Hall–Kier alpha value is -3.43. The van der Waals surface area contributed by atoms with Crippen molar-refractivity contribution in [1.29, 1.82) is 0 Å². The van der Waals surface area contributed by atoms with Crippen LogP contribution in [0.5, 0.6) is 5.75 Å². The second-order valence-electron chi connectivity index (χ2n) is 5.31. The van der Waals surface area contributed by atoms with Crippen LogP contribution in [0.15, 0.2) is 36.5 Å². The number of hydrogen-bond donors (Lipinski definition) is 2. The van der Waals surface area contributed by atoms with Gasteiger partial charge >= 0.3 is 6.36 Å². The van der Waals surface area contributed by atoms with Crippen LogP contribution in [0.3, 0.4) is 0 Å². The van der Waals surface area contributed by atoms with Gasteiger partial charge in [-0.15, -0.1) is 13.2 Å². The Morgan fingerprint density at radius 1 is 1.19 bits per heavy atom. The van der Waals surface area contributed by atoms with Crippen molar-refractivity contribution in [3.05, 3.63) is 47.9 Å². The monoisotopic (exact) mass is 363 g/mol. The summed E-state index contributed by atoms with van der Waals surface area (Å²) in [6.45, 7) is 1.76. The van der Waals surface area contributed by atoms with E-state index >= 15 is 0 Å². The maximum Gasteiger partial charge on any atom is 0.573 e. The molecule has 0 atom stereocenters. The van der Waals surface area contributed by atoms with Gasteiger partial charge in [0.15, 0.2) is 5.82 Å². The first kappa shape index (κ1) is 17.4. The summed E-state index contributed by atoms with van der Waals surface area (Å²) in [5.41, 5.74) is 7.34. The summed E-state index contributed by atoms with van der Waals surface area (Å²) in [5.74, 6) is -0.900. The lowest BCUT2D eigenvalue weighted by Gasteiger charge is -2.10. The van der Waals surface area contributed by atoms with Gasteiger partial charge in [0, 0.05) is 11.3 Å². The van der Waals surface area contributed by atoms with Crippen molar-refractivity contribution in [2.75, 3.05) is 0 Å². The van der Waals surface area contributed by atoms with Gasteiger partial charge in [0.25, 0.3) is 5.91 Å². The van der Waals surface area contributed by atoms with Crippen LogP contribution in [0, 0.1) is 6.92 Å². The van der Waals surface area contributed by atoms with E-state index in [4.69, 9.17) is 5.73 Å². The molecule has 2 aromatic heterocycles. The highest BCUT2D eigenvalue weighted by Gasteiger charge is 2.31. The molecule has 0 aliphatic heterocycles. The van der Waals surface area contributed by atoms with Crippen molar-refractivity contribution in [3.63, 3.8) is 0 Å². The number of ether oxygens (including phenoxy) is 1. The number of aromatic amines is 1. The van der Waals surface area contributed by atoms with Gasteiger partial charge in [-0.2, -0.15) is 5.10 Å². The van der Waals surface area contributed by atoms with E-state index in [0.717, 1.165) is 12.1 Å². The number of carbonyl (C=O) groups is 1. The molecule has 0 radical (unpaired) electrons. The normalized spacial score (nSPS) is 11.4. The fourth-order valence-electron chi connectivity index (χ4n) is 2.25. The van der Waals surface area contributed by atoms with Crippen LogP contribution in [0.2, 0.25) is 0 Å². The molecule has 1 amide bonds. The number of halogens is 3. The average molecular weight is 363 g/mol. The number of benzene rings is 1. The van der Waals surface area contributed by atoms with Gasteiger partial charge in [0.1, 0.15) is 11.4 Å². The number of carbonyl (C=O) groups excluding carboxylic acids is 1. The third-order valence-electron chi connectivity index (χ3n) is 3.43. The van der Waals surface area contributed by atoms with E-state index in [0.29, 0.717) is 22.5 Å². The van der Waals surface area contributed by atoms with Crippen molar-refractivity contribution in [2.24, 2.45) is 5.73 Å². The maximum absolute atomic E-state index is 12.3. The van der Waals surface area contributed by atoms with E-state index in [1.807, 2.05) is 0 Å².